The number of aldehydes is 1. The summed E-state index contributed by atoms with van der Waals surface area (Å²) >= 11 is 0. The van der Waals surface area contributed by atoms with E-state index in [-0.39, 0.29) is 6.04 Å². The van der Waals surface area contributed by atoms with E-state index in [1.54, 1.807) is 0 Å². The minimum atomic E-state index is -0.110. The van der Waals surface area contributed by atoms with Gasteiger partial charge in [-0.25, -0.2) is 0 Å². The van der Waals surface area contributed by atoms with Crippen LogP contribution < -0.4 is 5.73 Å². The molecule has 1 unspecified atom stereocenters. The molecule has 104 valence electrons. The lowest BCUT2D eigenvalue weighted by Crippen LogP contribution is -2.52. The summed E-state index contributed by atoms with van der Waals surface area (Å²) in [6.45, 7) is 7.37. The minimum Gasteiger partial charge on any atom is -0.328 e. The zero-order chi connectivity index (χ0) is 13.7. The lowest BCUT2D eigenvalue weighted by Gasteiger charge is -2.37. The van der Waals surface area contributed by atoms with E-state index >= 15 is 0 Å². The Labute approximate surface area is 115 Å². The molecule has 2 N–H and O–H groups in total. The number of hydrogen-bond donors (Lipinski definition) is 1. The minimum absolute atomic E-state index is 0.110. The van der Waals surface area contributed by atoms with Gasteiger partial charge < -0.3 is 10.5 Å². The number of nitrogens with zero attached hydrogens (tertiary/aromatic N) is 2. The fourth-order valence-corrected chi connectivity index (χ4v) is 2.61. The van der Waals surface area contributed by atoms with Gasteiger partial charge >= 0.3 is 0 Å². The zero-order valence-electron chi connectivity index (χ0n) is 11.6. The molecule has 1 heterocycles. The SMILES string of the molecule is Cc1cccc(CN2CCN(C(C=O)CN)CC2)c1. The highest BCUT2D eigenvalue weighted by Crippen LogP contribution is 2.11. The van der Waals surface area contributed by atoms with Crippen LogP contribution in [0.4, 0.5) is 0 Å². The molecule has 19 heavy (non-hydrogen) atoms. The molecule has 0 saturated carbocycles. The molecule has 1 atom stereocenters. The maximum Gasteiger partial charge on any atom is 0.138 e. The Morgan fingerprint density at radius 2 is 2.05 bits per heavy atom. The van der Waals surface area contributed by atoms with Gasteiger partial charge in [0.2, 0.25) is 0 Å². The molecule has 4 heteroatoms. The van der Waals surface area contributed by atoms with Gasteiger partial charge in [-0.2, -0.15) is 0 Å². The Morgan fingerprint density at radius 1 is 1.32 bits per heavy atom. The Hall–Kier alpha value is -1.23. The van der Waals surface area contributed by atoms with Crippen LogP contribution in [0, 0.1) is 6.92 Å². The molecule has 1 fully saturated rings. The Balaban J connectivity index is 1.85. The van der Waals surface area contributed by atoms with Crippen LogP contribution in [0.1, 0.15) is 11.1 Å². The molecule has 0 amide bonds. The van der Waals surface area contributed by atoms with Gasteiger partial charge in [0.25, 0.3) is 0 Å². The number of hydrogen-bond acceptors (Lipinski definition) is 4. The van der Waals surface area contributed by atoms with Crippen molar-refractivity contribution < 1.29 is 4.79 Å². The van der Waals surface area contributed by atoms with Gasteiger partial charge in [0.05, 0.1) is 6.04 Å². The highest BCUT2D eigenvalue weighted by atomic mass is 16.1. The Kier molecular flexibility index (Phi) is 5.07. The summed E-state index contributed by atoms with van der Waals surface area (Å²) < 4.78 is 0. The molecule has 0 bridgehead atoms. The average molecular weight is 261 g/mol. The number of aryl methyl sites for hydroxylation is 1. The van der Waals surface area contributed by atoms with Gasteiger partial charge in [0.15, 0.2) is 0 Å². The summed E-state index contributed by atoms with van der Waals surface area (Å²) in [5.41, 5.74) is 8.27. The van der Waals surface area contributed by atoms with Crippen molar-refractivity contribution in [3.05, 3.63) is 35.4 Å². The summed E-state index contributed by atoms with van der Waals surface area (Å²) in [5.74, 6) is 0. The van der Waals surface area contributed by atoms with Crippen LogP contribution in [-0.4, -0.2) is 54.9 Å². The predicted octanol–water partition coefficient (Wildman–Crippen LogP) is 0.639. The summed E-state index contributed by atoms with van der Waals surface area (Å²) in [5, 5.41) is 0. The van der Waals surface area contributed by atoms with E-state index in [1.165, 1.54) is 11.1 Å². The predicted molar refractivity (Wildman–Crippen MR) is 76.9 cm³/mol. The number of nitrogens with two attached hydrogens (primary N) is 1. The maximum absolute atomic E-state index is 10.9. The smallest absolute Gasteiger partial charge is 0.138 e. The van der Waals surface area contributed by atoms with Crippen molar-refractivity contribution in [1.29, 1.82) is 0 Å². The quantitative estimate of drug-likeness (QED) is 0.790. The lowest BCUT2D eigenvalue weighted by molar-refractivity contribution is -0.112. The zero-order valence-corrected chi connectivity index (χ0v) is 11.6. The second kappa shape index (κ2) is 6.80. The summed E-state index contributed by atoms with van der Waals surface area (Å²) in [6, 6.07) is 8.53. The van der Waals surface area contributed by atoms with Gasteiger partial charge in [-0.1, -0.05) is 29.8 Å². The highest BCUT2D eigenvalue weighted by Gasteiger charge is 2.22. The molecule has 1 saturated heterocycles. The first-order chi connectivity index (χ1) is 9.22. The summed E-state index contributed by atoms with van der Waals surface area (Å²) in [4.78, 5) is 15.5. The molecular formula is C15H23N3O. The van der Waals surface area contributed by atoms with Crippen LogP contribution >= 0.6 is 0 Å². The van der Waals surface area contributed by atoms with Crippen molar-refractivity contribution in [2.24, 2.45) is 5.73 Å². The van der Waals surface area contributed by atoms with Crippen LogP contribution in [0.5, 0.6) is 0 Å². The van der Waals surface area contributed by atoms with Crippen molar-refractivity contribution in [1.82, 2.24) is 9.80 Å². The van der Waals surface area contributed by atoms with E-state index in [4.69, 9.17) is 5.73 Å². The van der Waals surface area contributed by atoms with Crippen molar-refractivity contribution >= 4 is 6.29 Å². The van der Waals surface area contributed by atoms with Gasteiger partial charge in [-0.05, 0) is 12.5 Å². The molecule has 0 aromatic heterocycles. The van der Waals surface area contributed by atoms with E-state index in [0.717, 1.165) is 39.0 Å². The number of carbonyl (C=O) groups is 1. The Bertz CT molecular complexity index is 414. The average Bonchev–Trinajstić information content (AvgIpc) is 2.42. The van der Waals surface area contributed by atoms with Gasteiger partial charge in [0, 0.05) is 39.3 Å². The fraction of sp³-hybridized carbons (Fsp3) is 0.533. The first-order valence-corrected chi connectivity index (χ1v) is 6.90. The molecule has 0 aliphatic carbocycles. The largest absolute Gasteiger partial charge is 0.328 e. The van der Waals surface area contributed by atoms with Crippen LogP contribution in [0.3, 0.4) is 0 Å². The van der Waals surface area contributed by atoms with Crippen molar-refractivity contribution in [3.63, 3.8) is 0 Å². The highest BCUT2D eigenvalue weighted by molar-refractivity contribution is 5.57. The van der Waals surface area contributed by atoms with Gasteiger partial charge in [-0.15, -0.1) is 0 Å². The molecule has 4 nitrogen and oxygen atoms in total. The summed E-state index contributed by atoms with van der Waals surface area (Å²) in [7, 11) is 0. The molecule has 1 aliphatic rings. The van der Waals surface area contributed by atoms with Crippen molar-refractivity contribution in [3.8, 4) is 0 Å². The second-order valence-electron chi connectivity index (χ2n) is 5.24. The molecule has 1 aromatic carbocycles. The maximum atomic E-state index is 10.9. The molecule has 2 rings (SSSR count). The third-order valence-corrected chi connectivity index (χ3v) is 3.76. The van der Waals surface area contributed by atoms with Crippen molar-refractivity contribution in [2.75, 3.05) is 32.7 Å². The number of carbonyl (C=O) groups excluding carboxylic acids is 1. The molecule has 0 radical (unpaired) electrons. The number of piperazine rings is 1. The van der Waals surface area contributed by atoms with Crippen LogP contribution in [0.2, 0.25) is 0 Å². The molecule has 0 spiro atoms. The third-order valence-electron chi connectivity index (χ3n) is 3.76. The molecular weight excluding hydrogens is 238 g/mol. The second-order valence-corrected chi connectivity index (χ2v) is 5.24. The van der Waals surface area contributed by atoms with E-state index < -0.39 is 0 Å². The van der Waals surface area contributed by atoms with Crippen LogP contribution in [0.25, 0.3) is 0 Å². The molecule has 1 aromatic rings. The normalized spacial score (nSPS) is 19.3. The third kappa shape index (κ3) is 3.86. The Morgan fingerprint density at radius 3 is 2.63 bits per heavy atom. The van der Waals surface area contributed by atoms with Crippen LogP contribution in [0.15, 0.2) is 24.3 Å². The van der Waals surface area contributed by atoms with Gasteiger partial charge in [-0.3, -0.25) is 9.80 Å². The monoisotopic (exact) mass is 261 g/mol. The van der Waals surface area contributed by atoms with Crippen molar-refractivity contribution in [2.45, 2.75) is 19.5 Å². The fourth-order valence-electron chi connectivity index (χ4n) is 2.61. The van der Waals surface area contributed by atoms with E-state index in [9.17, 15) is 4.79 Å². The first-order valence-electron chi connectivity index (χ1n) is 6.90. The van der Waals surface area contributed by atoms with Crippen LogP contribution in [-0.2, 0) is 11.3 Å². The standard InChI is InChI=1S/C15H23N3O/c1-13-3-2-4-14(9-13)11-17-5-7-18(8-6-17)15(10-16)12-19/h2-4,9,12,15H,5-8,10-11,16H2,1H3. The topological polar surface area (TPSA) is 49.6 Å². The lowest BCUT2D eigenvalue weighted by atomic mass is 10.1. The van der Waals surface area contributed by atoms with E-state index in [1.807, 2.05) is 0 Å². The number of rotatable bonds is 5. The van der Waals surface area contributed by atoms with Gasteiger partial charge in [0.1, 0.15) is 6.29 Å². The summed E-state index contributed by atoms with van der Waals surface area (Å²) in [6.07, 6.45) is 0.968. The van der Waals surface area contributed by atoms with E-state index in [2.05, 4.69) is 41.0 Å². The van der Waals surface area contributed by atoms with E-state index in [0.29, 0.717) is 6.54 Å². The molecule has 1 aliphatic heterocycles. The first kappa shape index (κ1) is 14.2. The number of benzene rings is 1.